The molecular weight excluding hydrogens is 408 g/mol. The molecule has 0 unspecified atom stereocenters. The van der Waals surface area contributed by atoms with Crippen LogP contribution in [0, 0.1) is 5.92 Å². The lowest BCUT2D eigenvalue weighted by molar-refractivity contribution is 0.130. The van der Waals surface area contributed by atoms with E-state index >= 15 is 0 Å². The highest BCUT2D eigenvalue weighted by atomic mass is 32.2. The predicted molar refractivity (Wildman–Crippen MR) is 124 cm³/mol. The van der Waals surface area contributed by atoms with E-state index in [-0.39, 0.29) is 11.5 Å². The largest absolute Gasteiger partial charge is 0.487 e. The van der Waals surface area contributed by atoms with Crippen molar-refractivity contribution < 1.29 is 13.2 Å². The molecule has 31 heavy (non-hydrogen) atoms. The van der Waals surface area contributed by atoms with Crippen LogP contribution < -0.4 is 4.74 Å². The Hall–Kier alpha value is -2.34. The van der Waals surface area contributed by atoms with Gasteiger partial charge in [0.1, 0.15) is 17.0 Å². The van der Waals surface area contributed by atoms with Gasteiger partial charge in [-0.1, -0.05) is 37.8 Å². The van der Waals surface area contributed by atoms with Crippen molar-refractivity contribution in [1.29, 1.82) is 0 Å². The Morgan fingerprint density at radius 3 is 2.42 bits per heavy atom. The van der Waals surface area contributed by atoms with Crippen molar-refractivity contribution in [2.45, 2.75) is 69.3 Å². The van der Waals surface area contributed by atoms with E-state index in [4.69, 9.17) is 4.74 Å². The Balaban J connectivity index is 1.69. The number of hydrogen-bond donors (Lipinski definition) is 1. The smallest absolute Gasteiger partial charge is 0.175 e. The summed E-state index contributed by atoms with van der Waals surface area (Å²) < 4.78 is 29.8. The summed E-state index contributed by atoms with van der Waals surface area (Å²) in [6.45, 7) is 6.08. The number of aromatic nitrogens is 2. The van der Waals surface area contributed by atoms with E-state index < -0.39 is 9.84 Å². The number of H-pyrrole nitrogens is 1. The van der Waals surface area contributed by atoms with E-state index in [2.05, 4.69) is 16.0 Å². The van der Waals surface area contributed by atoms with Crippen molar-refractivity contribution in [3.63, 3.8) is 0 Å². The number of hydrogen-bond acceptors (Lipinski definition) is 4. The summed E-state index contributed by atoms with van der Waals surface area (Å²) in [5.74, 6) is 1.63. The van der Waals surface area contributed by atoms with Gasteiger partial charge in [-0.25, -0.2) is 13.4 Å². The molecule has 2 heterocycles. The summed E-state index contributed by atoms with van der Waals surface area (Å²) in [5.41, 5.74) is 2.83. The molecule has 166 valence electrons. The molecule has 1 saturated carbocycles. The Bertz CT molecular complexity index is 1150. The van der Waals surface area contributed by atoms with Crippen LogP contribution in [0.4, 0.5) is 0 Å². The number of pyridine rings is 1. The van der Waals surface area contributed by atoms with Crippen molar-refractivity contribution in [3.8, 4) is 5.75 Å². The van der Waals surface area contributed by atoms with Crippen molar-refractivity contribution in [2.75, 3.05) is 6.26 Å². The van der Waals surface area contributed by atoms with Crippen molar-refractivity contribution in [3.05, 3.63) is 53.9 Å². The van der Waals surface area contributed by atoms with Gasteiger partial charge in [-0.05, 0) is 62.9 Å². The zero-order chi connectivity index (χ0) is 22.2. The molecular formula is C25H32N2O3S. The summed E-state index contributed by atoms with van der Waals surface area (Å²) in [6, 6.07) is 11.6. The van der Waals surface area contributed by atoms with Crippen LogP contribution in [0.1, 0.15) is 70.1 Å². The Kier molecular flexibility index (Phi) is 5.86. The quantitative estimate of drug-likeness (QED) is 0.521. The second-order valence-electron chi connectivity index (χ2n) is 9.83. The van der Waals surface area contributed by atoms with E-state index in [1.165, 1.54) is 31.9 Å². The molecule has 1 aliphatic rings. The van der Waals surface area contributed by atoms with Gasteiger partial charge in [-0.3, -0.25) is 0 Å². The summed E-state index contributed by atoms with van der Waals surface area (Å²) in [5, 5.41) is 1.03. The molecule has 3 aromatic rings. The molecule has 1 aromatic carbocycles. The number of nitrogens with zero attached hydrogens (tertiary/aromatic N) is 1. The van der Waals surface area contributed by atoms with Crippen LogP contribution in [0.3, 0.4) is 0 Å². The van der Waals surface area contributed by atoms with Crippen LogP contribution in [-0.2, 0) is 9.84 Å². The van der Waals surface area contributed by atoms with E-state index in [9.17, 15) is 8.42 Å². The lowest BCUT2D eigenvalue weighted by Crippen LogP contribution is -2.22. The average Bonchev–Trinajstić information content (AvgIpc) is 3.33. The molecule has 0 amide bonds. The number of aromatic amines is 1. The first-order valence-corrected chi connectivity index (χ1v) is 13.0. The number of fused-ring (bicyclic) bond motifs is 1. The molecule has 1 atom stereocenters. The Morgan fingerprint density at radius 2 is 1.81 bits per heavy atom. The average molecular weight is 441 g/mol. The summed E-state index contributed by atoms with van der Waals surface area (Å²) >= 11 is 0. The van der Waals surface area contributed by atoms with Gasteiger partial charge >= 0.3 is 0 Å². The lowest BCUT2D eigenvalue weighted by atomic mass is 9.85. The van der Waals surface area contributed by atoms with Crippen LogP contribution in [0.25, 0.3) is 11.0 Å². The number of ether oxygens (including phenoxy) is 1. The molecule has 1 aliphatic carbocycles. The fourth-order valence-electron chi connectivity index (χ4n) is 4.58. The highest BCUT2D eigenvalue weighted by Crippen LogP contribution is 2.38. The first-order chi connectivity index (χ1) is 14.6. The second-order valence-corrected chi connectivity index (χ2v) is 11.8. The lowest BCUT2D eigenvalue weighted by Gasteiger charge is -2.20. The molecule has 4 rings (SSSR count). The maximum Gasteiger partial charge on any atom is 0.175 e. The van der Waals surface area contributed by atoms with Gasteiger partial charge in [0.15, 0.2) is 9.84 Å². The SMILES string of the molecule is CC(C)(C)Oc1cnc2[nH]c([C@H](CC3CCCC3)c3ccc(S(C)(=O)=O)cc3)cc2c1. The highest BCUT2D eigenvalue weighted by molar-refractivity contribution is 7.90. The van der Waals surface area contributed by atoms with Crippen LogP contribution in [0.2, 0.25) is 0 Å². The fraction of sp³-hybridized carbons (Fsp3) is 0.480. The molecule has 0 radical (unpaired) electrons. The minimum Gasteiger partial charge on any atom is -0.487 e. The zero-order valence-corrected chi connectivity index (χ0v) is 19.6. The molecule has 0 saturated heterocycles. The van der Waals surface area contributed by atoms with Gasteiger partial charge in [0.05, 0.1) is 11.1 Å². The Morgan fingerprint density at radius 1 is 1.13 bits per heavy atom. The normalized spacial score (nSPS) is 16.6. The maximum atomic E-state index is 11.9. The van der Waals surface area contributed by atoms with Crippen molar-refractivity contribution in [2.24, 2.45) is 5.92 Å². The molecule has 0 spiro atoms. The van der Waals surface area contributed by atoms with E-state index in [1.807, 2.05) is 39.0 Å². The van der Waals surface area contributed by atoms with Gasteiger partial charge < -0.3 is 9.72 Å². The predicted octanol–water partition coefficient (Wildman–Crippen LogP) is 5.86. The minimum absolute atomic E-state index is 0.179. The Labute approximate surface area is 185 Å². The third kappa shape index (κ3) is 5.29. The van der Waals surface area contributed by atoms with E-state index in [0.717, 1.165) is 34.5 Å². The topological polar surface area (TPSA) is 72.0 Å². The number of sulfone groups is 1. The highest BCUT2D eigenvalue weighted by Gasteiger charge is 2.25. The van der Waals surface area contributed by atoms with E-state index in [0.29, 0.717) is 10.8 Å². The standard InChI is InChI=1S/C25H32N2O3S/c1-25(2,3)30-20-14-19-15-23(27-24(19)26-16-20)22(13-17-7-5-6-8-17)18-9-11-21(12-10-18)31(4,28)29/h9-12,14-17,22H,5-8,13H2,1-4H3,(H,26,27)/t22-/m1/s1. The molecule has 2 aromatic heterocycles. The number of nitrogens with one attached hydrogen (secondary N) is 1. The molecule has 0 bridgehead atoms. The van der Waals surface area contributed by atoms with Crippen molar-refractivity contribution in [1.82, 2.24) is 9.97 Å². The van der Waals surface area contributed by atoms with E-state index in [1.54, 1.807) is 18.3 Å². The van der Waals surface area contributed by atoms with Gasteiger partial charge in [-0.15, -0.1) is 0 Å². The van der Waals surface area contributed by atoms with Gasteiger partial charge in [0, 0.05) is 23.3 Å². The number of rotatable bonds is 6. The third-order valence-electron chi connectivity index (χ3n) is 6.02. The van der Waals surface area contributed by atoms with Crippen LogP contribution >= 0.6 is 0 Å². The first-order valence-electron chi connectivity index (χ1n) is 11.1. The molecule has 1 N–H and O–H groups in total. The molecule has 0 aliphatic heterocycles. The zero-order valence-electron chi connectivity index (χ0n) is 18.8. The maximum absolute atomic E-state index is 11.9. The minimum atomic E-state index is -3.20. The van der Waals surface area contributed by atoms with Crippen LogP contribution in [-0.4, -0.2) is 30.2 Å². The van der Waals surface area contributed by atoms with Crippen molar-refractivity contribution >= 4 is 20.9 Å². The molecule has 1 fully saturated rings. The first kappa shape index (κ1) is 21.9. The van der Waals surface area contributed by atoms with Gasteiger partial charge in [0.25, 0.3) is 0 Å². The summed E-state index contributed by atoms with van der Waals surface area (Å²) in [4.78, 5) is 8.46. The summed E-state index contributed by atoms with van der Waals surface area (Å²) in [7, 11) is -3.20. The van der Waals surface area contributed by atoms with Crippen LogP contribution in [0.5, 0.6) is 5.75 Å². The molecule has 5 nitrogen and oxygen atoms in total. The van der Waals surface area contributed by atoms with Gasteiger partial charge in [0.2, 0.25) is 0 Å². The molecule has 6 heteroatoms. The third-order valence-corrected chi connectivity index (χ3v) is 7.15. The number of benzene rings is 1. The fourth-order valence-corrected chi connectivity index (χ4v) is 5.21. The second kappa shape index (κ2) is 8.30. The van der Waals surface area contributed by atoms with Gasteiger partial charge in [-0.2, -0.15) is 0 Å². The monoisotopic (exact) mass is 440 g/mol. The summed E-state index contributed by atoms with van der Waals surface area (Å²) in [6.07, 6.45) is 9.19. The van der Waals surface area contributed by atoms with Crippen LogP contribution in [0.15, 0.2) is 47.5 Å².